The Labute approximate surface area is 177 Å². The topological polar surface area (TPSA) is 68.3 Å². The molecule has 1 unspecified atom stereocenters. The van der Waals surface area contributed by atoms with E-state index in [9.17, 15) is 22.2 Å². The van der Waals surface area contributed by atoms with Crippen LogP contribution >= 0.6 is 11.6 Å². The van der Waals surface area contributed by atoms with Crippen molar-refractivity contribution in [3.05, 3.63) is 82.6 Å². The maximum absolute atomic E-state index is 12.9. The number of halogens is 4. The van der Waals surface area contributed by atoms with Crippen molar-refractivity contribution in [2.75, 3.05) is 4.72 Å². The number of rotatable bonds is 6. The highest BCUT2D eigenvalue weighted by atomic mass is 35.5. The molecule has 0 bridgehead atoms. The lowest BCUT2D eigenvalue weighted by Crippen LogP contribution is -2.17. The summed E-state index contributed by atoms with van der Waals surface area (Å²) >= 11 is 6.03. The largest absolute Gasteiger partial charge is 0.573 e. The van der Waals surface area contributed by atoms with Crippen molar-refractivity contribution in [3.8, 4) is 5.75 Å². The molecule has 0 fully saturated rings. The molecule has 3 aromatic rings. The minimum atomic E-state index is -4.82. The third-order valence-electron chi connectivity index (χ3n) is 3.86. The summed E-state index contributed by atoms with van der Waals surface area (Å²) in [7, 11) is -1.85. The molecule has 3 rings (SSSR count). The van der Waals surface area contributed by atoms with Crippen molar-refractivity contribution in [3.63, 3.8) is 0 Å². The third-order valence-corrected chi connectivity index (χ3v) is 5.20. The highest BCUT2D eigenvalue weighted by Gasteiger charge is 2.31. The number of carbonyl (C=O) groups is 1. The third kappa shape index (κ3) is 5.58. The molecule has 10 heteroatoms. The molecule has 0 aliphatic carbocycles. The van der Waals surface area contributed by atoms with Crippen molar-refractivity contribution in [2.24, 2.45) is 0 Å². The molecule has 1 aromatic heterocycles. The Bertz CT molecular complexity index is 1110. The quantitative estimate of drug-likeness (QED) is 0.513. The summed E-state index contributed by atoms with van der Waals surface area (Å²) in [5.74, 6) is -0.782. The van der Waals surface area contributed by atoms with E-state index in [1.165, 1.54) is 36.5 Å². The number of hydrogen-bond acceptors (Lipinski definition) is 4. The van der Waals surface area contributed by atoms with E-state index in [1.54, 1.807) is 19.1 Å². The fourth-order valence-corrected chi connectivity index (χ4v) is 3.61. The molecule has 0 aliphatic heterocycles. The van der Waals surface area contributed by atoms with Gasteiger partial charge in [0, 0.05) is 28.0 Å². The van der Waals surface area contributed by atoms with Crippen LogP contribution in [0.5, 0.6) is 5.75 Å². The minimum absolute atomic E-state index is 0.192. The van der Waals surface area contributed by atoms with Gasteiger partial charge in [-0.05, 0) is 61.5 Å². The van der Waals surface area contributed by atoms with E-state index in [4.69, 9.17) is 11.6 Å². The van der Waals surface area contributed by atoms with Gasteiger partial charge in [-0.25, -0.2) is 4.21 Å². The van der Waals surface area contributed by atoms with Crippen LogP contribution in [0.25, 0.3) is 0 Å². The zero-order valence-corrected chi connectivity index (χ0v) is 16.9. The van der Waals surface area contributed by atoms with Crippen molar-refractivity contribution in [2.45, 2.75) is 18.2 Å². The molecule has 1 heterocycles. The second-order valence-corrected chi connectivity index (χ2v) is 7.74. The Hall–Kier alpha value is -2.91. The Kier molecular flexibility index (Phi) is 6.42. The molecule has 5 nitrogen and oxygen atoms in total. The fraction of sp³-hybridized carbons (Fsp3) is 0.100. The standard InChI is InChI=1S/C20H14ClF3N2O3S/c1-12-10-13(8-9-25-12)19(27)17-11-14(21)2-7-18(17)26-30(28)16-5-3-15(4-6-16)29-20(22,23)24/h2-11,26H,1H3. The van der Waals surface area contributed by atoms with Crippen LogP contribution in [-0.4, -0.2) is 21.3 Å². The van der Waals surface area contributed by atoms with Gasteiger partial charge in [0.05, 0.1) is 10.6 Å². The molecule has 1 atom stereocenters. The van der Waals surface area contributed by atoms with Crippen LogP contribution in [-0.2, 0) is 11.0 Å². The molecule has 2 aromatic carbocycles. The molecular formula is C20H14ClF3N2O3S. The van der Waals surface area contributed by atoms with Crippen molar-refractivity contribution >= 4 is 34.1 Å². The van der Waals surface area contributed by atoms with E-state index in [0.717, 1.165) is 12.1 Å². The number of benzene rings is 2. The second kappa shape index (κ2) is 8.85. The lowest BCUT2D eigenvalue weighted by Gasteiger charge is -2.13. The lowest BCUT2D eigenvalue weighted by molar-refractivity contribution is -0.274. The average molecular weight is 455 g/mol. The molecule has 0 saturated carbocycles. The number of pyridine rings is 1. The number of nitrogens with zero attached hydrogens (tertiary/aromatic N) is 1. The van der Waals surface area contributed by atoms with Gasteiger partial charge >= 0.3 is 6.36 Å². The summed E-state index contributed by atoms with van der Waals surface area (Å²) < 4.78 is 55.9. The first kappa shape index (κ1) is 21.8. The van der Waals surface area contributed by atoms with Gasteiger partial charge in [0.25, 0.3) is 0 Å². The molecule has 0 aliphatic rings. The summed E-state index contributed by atoms with van der Waals surface area (Å²) in [6.07, 6.45) is -3.31. The summed E-state index contributed by atoms with van der Waals surface area (Å²) in [6.45, 7) is 1.75. The number of ketones is 1. The van der Waals surface area contributed by atoms with E-state index in [0.29, 0.717) is 16.3 Å². The Morgan fingerprint density at radius 3 is 2.43 bits per heavy atom. The first-order valence-corrected chi connectivity index (χ1v) is 9.96. The molecule has 0 spiro atoms. The van der Waals surface area contributed by atoms with E-state index < -0.39 is 23.1 Å². The number of alkyl halides is 3. The maximum Gasteiger partial charge on any atom is 0.573 e. The van der Waals surface area contributed by atoms with Crippen molar-refractivity contribution in [1.82, 2.24) is 4.98 Å². The van der Waals surface area contributed by atoms with E-state index in [-0.39, 0.29) is 21.9 Å². The van der Waals surface area contributed by atoms with Crippen LogP contribution in [0.15, 0.2) is 65.7 Å². The Morgan fingerprint density at radius 2 is 1.80 bits per heavy atom. The highest BCUT2D eigenvalue weighted by molar-refractivity contribution is 7.86. The zero-order valence-electron chi connectivity index (χ0n) is 15.4. The Balaban J connectivity index is 1.84. The average Bonchev–Trinajstić information content (AvgIpc) is 2.68. The monoisotopic (exact) mass is 454 g/mol. The van der Waals surface area contributed by atoms with Gasteiger partial charge < -0.3 is 9.46 Å². The SMILES string of the molecule is Cc1cc(C(=O)c2cc(Cl)ccc2NS(=O)c2ccc(OC(F)(F)F)cc2)ccn1. The van der Waals surface area contributed by atoms with Gasteiger partial charge in [0.1, 0.15) is 16.7 Å². The number of anilines is 1. The van der Waals surface area contributed by atoms with Gasteiger partial charge in [-0.2, -0.15) is 0 Å². The van der Waals surface area contributed by atoms with E-state index in [2.05, 4.69) is 14.4 Å². The van der Waals surface area contributed by atoms with Crippen LogP contribution in [0, 0.1) is 6.92 Å². The van der Waals surface area contributed by atoms with Gasteiger partial charge in [-0.15, -0.1) is 13.2 Å². The van der Waals surface area contributed by atoms with Gasteiger partial charge in [0.2, 0.25) is 0 Å². The summed E-state index contributed by atoms with van der Waals surface area (Å²) in [5, 5.41) is 0.314. The number of ether oxygens (including phenoxy) is 1. The molecule has 0 radical (unpaired) electrons. The maximum atomic E-state index is 12.9. The zero-order chi connectivity index (χ0) is 21.9. The number of aromatic nitrogens is 1. The predicted molar refractivity (Wildman–Crippen MR) is 107 cm³/mol. The summed E-state index contributed by atoms with van der Waals surface area (Å²) in [4.78, 5) is 17.2. The van der Waals surface area contributed by atoms with Crippen molar-refractivity contribution in [1.29, 1.82) is 0 Å². The van der Waals surface area contributed by atoms with Crippen molar-refractivity contribution < 1.29 is 26.9 Å². The van der Waals surface area contributed by atoms with E-state index in [1.807, 2.05) is 0 Å². The number of aryl methyl sites for hydroxylation is 1. The van der Waals surface area contributed by atoms with Crippen LogP contribution < -0.4 is 9.46 Å². The molecule has 156 valence electrons. The second-order valence-electron chi connectivity index (χ2n) is 6.09. The smallest absolute Gasteiger partial charge is 0.406 e. The molecule has 1 N–H and O–H groups in total. The first-order valence-electron chi connectivity index (χ1n) is 8.43. The highest BCUT2D eigenvalue weighted by Crippen LogP contribution is 2.27. The van der Waals surface area contributed by atoms with Crippen LogP contribution in [0.1, 0.15) is 21.6 Å². The summed E-state index contributed by atoms with van der Waals surface area (Å²) in [5.41, 5.74) is 1.49. The number of carbonyl (C=O) groups excluding carboxylic acids is 1. The molecule has 0 amide bonds. The first-order chi connectivity index (χ1) is 14.1. The number of hydrogen-bond donors (Lipinski definition) is 1. The van der Waals surface area contributed by atoms with Crippen LogP contribution in [0.4, 0.5) is 18.9 Å². The molecule has 30 heavy (non-hydrogen) atoms. The molecular weight excluding hydrogens is 441 g/mol. The normalized spacial score (nSPS) is 12.3. The van der Waals surface area contributed by atoms with Gasteiger partial charge in [-0.1, -0.05) is 11.6 Å². The fourth-order valence-electron chi connectivity index (χ4n) is 2.56. The van der Waals surface area contributed by atoms with E-state index >= 15 is 0 Å². The van der Waals surface area contributed by atoms with Crippen LogP contribution in [0.2, 0.25) is 5.02 Å². The number of nitrogens with one attached hydrogen (secondary N) is 1. The van der Waals surface area contributed by atoms with Crippen LogP contribution in [0.3, 0.4) is 0 Å². The lowest BCUT2D eigenvalue weighted by atomic mass is 10.0. The Morgan fingerprint density at radius 1 is 1.10 bits per heavy atom. The predicted octanol–water partition coefficient (Wildman–Crippen LogP) is 5.31. The summed E-state index contributed by atoms with van der Waals surface area (Å²) in [6, 6.07) is 12.2. The van der Waals surface area contributed by atoms with Gasteiger partial charge in [0.15, 0.2) is 5.78 Å². The molecule has 0 saturated heterocycles. The van der Waals surface area contributed by atoms with Gasteiger partial charge in [-0.3, -0.25) is 9.78 Å². The minimum Gasteiger partial charge on any atom is -0.406 e.